The maximum atomic E-state index is 12.9. The van der Waals surface area contributed by atoms with Gasteiger partial charge < -0.3 is 15.0 Å². The molecule has 10 heteroatoms. The highest BCUT2D eigenvalue weighted by Gasteiger charge is 2.36. The minimum absolute atomic E-state index is 0.185. The van der Waals surface area contributed by atoms with E-state index >= 15 is 0 Å². The Morgan fingerprint density at radius 1 is 1.06 bits per heavy atom. The molecule has 0 saturated carbocycles. The Morgan fingerprint density at radius 3 is 2.39 bits per heavy atom. The Kier molecular flexibility index (Phi) is 7.05. The molecule has 0 bridgehead atoms. The van der Waals surface area contributed by atoms with Crippen LogP contribution in [0.25, 0.3) is 11.8 Å². The second-order valence-electron chi connectivity index (χ2n) is 8.29. The Balaban J connectivity index is 1.52. The molecule has 8 nitrogen and oxygen atoms in total. The predicted octanol–water partition coefficient (Wildman–Crippen LogP) is 5.43. The van der Waals surface area contributed by atoms with E-state index in [9.17, 15) is 19.2 Å². The van der Waals surface area contributed by atoms with E-state index in [1.54, 1.807) is 36.4 Å². The number of carbonyl (C=O) groups is 4. The van der Waals surface area contributed by atoms with Crippen LogP contribution in [0.5, 0.6) is 0 Å². The molecule has 36 heavy (non-hydrogen) atoms. The number of aromatic nitrogens is 1. The van der Waals surface area contributed by atoms with Crippen molar-refractivity contribution in [2.24, 2.45) is 0 Å². The first-order chi connectivity index (χ1) is 17.0. The van der Waals surface area contributed by atoms with Crippen LogP contribution >= 0.6 is 23.4 Å². The molecule has 0 spiro atoms. The quantitative estimate of drug-likeness (QED) is 0.417. The van der Waals surface area contributed by atoms with Gasteiger partial charge in [-0.3, -0.25) is 19.3 Å². The van der Waals surface area contributed by atoms with E-state index in [1.165, 1.54) is 12.1 Å². The molecule has 1 fully saturated rings. The van der Waals surface area contributed by atoms with Crippen molar-refractivity contribution in [2.75, 3.05) is 11.9 Å². The van der Waals surface area contributed by atoms with E-state index in [2.05, 4.69) is 5.32 Å². The van der Waals surface area contributed by atoms with Crippen molar-refractivity contribution < 1.29 is 24.3 Å². The lowest BCUT2D eigenvalue weighted by molar-refractivity contribution is -0.127. The number of aryl methyl sites for hydroxylation is 2. The molecule has 4 rings (SSSR count). The summed E-state index contributed by atoms with van der Waals surface area (Å²) in [6.45, 7) is 5.19. The first-order valence-corrected chi connectivity index (χ1v) is 12.1. The van der Waals surface area contributed by atoms with Gasteiger partial charge in [0.2, 0.25) is 5.91 Å². The van der Waals surface area contributed by atoms with Gasteiger partial charge in [0.25, 0.3) is 11.1 Å². The number of rotatable bonds is 6. The molecule has 3 aromatic rings. The van der Waals surface area contributed by atoms with Gasteiger partial charge in [0.15, 0.2) is 0 Å². The summed E-state index contributed by atoms with van der Waals surface area (Å²) < 4.78 is 1.93. The van der Waals surface area contributed by atoms with E-state index in [0.717, 1.165) is 44.9 Å². The van der Waals surface area contributed by atoms with E-state index < -0.39 is 29.6 Å². The molecule has 0 unspecified atom stereocenters. The van der Waals surface area contributed by atoms with Gasteiger partial charge in [0, 0.05) is 27.8 Å². The first-order valence-electron chi connectivity index (χ1n) is 10.9. The number of carboxylic acid groups (broad SMARTS) is 1. The third-order valence-electron chi connectivity index (χ3n) is 5.76. The fourth-order valence-electron chi connectivity index (χ4n) is 3.88. The number of thioether (sulfide) groups is 1. The van der Waals surface area contributed by atoms with E-state index in [4.69, 9.17) is 16.7 Å². The molecule has 2 aromatic carbocycles. The van der Waals surface area contributed by atoms with E-state index in [0.29, 0.717) is 10.7 Å². The Bertz CT molecular complexity index is 1440. The van der Waals surface area contributed by atoms with Crippen molar-refractivity contribution in [3.63, 3.8) is 0 Å². The van der Waals surface area contributed by atoms with Gasteiger partial charge in [0.05, 0.1) is 10.5 Å². The average Bonchev–Trinajstić information content (AvgIpc) is 3.25. The Morgan fingerprint density at radius 2 is 1.75 bits per heavy atom. The lowest BCUT2D eigenvalue weighted by Gasteiger charge is -2.13. The summed E-state index contributed by atoms with van der Waals surface area (Å²) in [7, 11) is 0. The van der Waals surface area contributed by atoms with E-state index in [1.807, 2.05) is 31.4 Å². The van der Waals surface area contributed by atoms with Crippen molar-refractivity contribution in [3.8, 4) is 5.69 Å². The zero-order valence-corrected chi connectivity index (χ0v) is 21.2. The third-order valence-corrected chi connectivity index (χ3v) is 7.07. The number of carbonyl (C=O) groups excluding carboxylic acids is 3. The van der Waals surface area contributed by atoms with Gasteiger partial charge in [0.1, 0.15) is 6.54 Å². The van der Waals surface area contributed by atoms with Crippen molar-refractivity contribution >= 4 is 58.1 Å². The number of imide groups is 1. The fourth-order valence-corrected chi connectivity index (χ4v) is 4.89. The van der Waals surface area contributed by atoms with Crippen LogP contribution in [0.1, 0.15) is 32.9 Å². The second kappa shape index (κ2) is 10.0. The lowest BCUT2D eigenvalue weighted by Crippen LogP contribution is -2.36. The second-order valence-corrected chi connectivity index (χ2v) is 9.69. The van der Waals surface area contributed by atoms with Crippen molar-refractivity contribution in [1.29, 1.82) is 0 Å². The number of hydrogen-bond acceptors (Lipinski definition) is 5. The molecule has 0 radical (unpaired) electrons. The summed E-state index contributed by atoms with van der Waals surface area (Å²) in [4.78, 5) is 50.2. The van der Waals surface area contributed by atoms with Crippen LogP contribution in [0.4, 0.5) is 10.5 Å². The van der Waals surface area contributed by atoms with Crippen LogP contribution in [0, 0.1) is 20.8 Å². The van der Waals surface area contributed by atoms with Crippen LogP contribution < -0.4 is 5.32 Å². The number of halogens is 1. The minimum Gasteiger partial charge on any atom is -0.478 e. The van der Waals surface area contributed by atoms with Crippen molar-refractivity contribution in [2.45, 2.75) is 20.8 Å². The number of carboxylic acids is 1. The smallest absolute Gasteiger partial charge is 0.335 e. The number of amides is 3. The van der Waals surface area contributed by atoms with Gasteiger partial charge >= 0.3 is 5.97 Å². The van der Waals surface area contributed by atoms with Crippen LogP contribution in [0.2, 0.25) is 5.02 Å². The molecule has 0 aliphatic carbocycles. The SMILES string of the molecule is Cc1ccc(NC(=O)CN2C(=O)S/C(=C/c3cc(C)n(-c4ccc(C(=O)O)cc4)c3C)C2=O)cc1Cl. The highest BCUT2D eigenvalue weighted by Crippen LogP contribution is 2.34. The number of aromatic carboxylic acids is 1. The van der Waals surface area contributed by atoms with Crippen LogP contribution in [-0.4, -0.2) is 44.1 Å². The Labute approximate surface area is 216 Å². The molecular formula is C26H22ClN3O5S. The first kappa shape index (κ1) is 25.3. The number of nitrogens with zero attached hydrogens (tertiary/aromatic N) is 2. The summed E-state index contributed by atoms with van der Waals surface area (Å²) >= 11 is 6.87. The molecule has 1 aromatic heterocycles. The third kappa shape index (κ3) is 5.07. The summed E-state index contributed by atoms with van der Waals surface area (Å²) in [6.07, 6.45) is 1.63. The van der Waals surface area contributed by atoms with Crippen LogP contribution in [0.3, 0.4) is 0 Å². The van der Waals surface area contributed by atoms with Crippen LogP contribution in [0.15, 0.2) is 53.4 Å². The molecule has 1 aliphatic rings. The van der Waals surface area contributed by atoms with Gasteiger partial charge in [-0.15, -0.1) is 0 Å². The van der Waals surface area contributed by atoms with E-state index in [-0.39, 0.29) is 10.5 Å². The maximum absolute atomic E-state index is 12.9. The topological polar surface area (TPSA) is 109 Å². The maximum Gasteiger partial charge on any atom is 0.335 e. The molecule has 3 amide bonds. The van der Waals surface area contributed by atoms with Crippen molar-refractivity contribution in [3.05, 3.63) is 86.5 Å². The highest BCUT2D eigenvalue weighted by molar-refractivity contribution is 8.18. The number of nitrogens with one attached hydrogen (secondary N) is 1. The van der Waals surface area contributed by atoms with Gasteiger partial charge in [-0.1, -0.05) is 17.7 Å². The molecule has 1 aliphatic heterocycles. The lowest BCUT2D eigenvalue weighted by atomic mass is 10.2. The van der Waals surface area contributed by atoms with Gasteiger partial charge in [-0.25, -0.2) is 4.79 Å². The average molecular weight is 524 g/mol. The summed E-state index contributed by atoms with van der Waals surface area (Å²) in [5, 5.41) is 11.7. The van der Waals surface area contributed by atoms with Gasteiger partial charge in [-0.2, -0.15) is 0 Å². The monoisotopic (exact) mass is 523 g/mol. The molecule has 2 heterocycles. The minimum atomic E-state index is -1.00. The van der Waals surface area contributed by atoms with Crippen LogP contribution in [-0.2, 0) is 9.59 Å². The molecule has 2 N–H and O–H groups in total. The molecular weight excluding hydrogens is 502 g/mol. The fraction of sp³-hybridized carbons (Fsp3) is 0.154. The highest BCUT2D eigenvalue weighted by atomic mass is 35.5. The predicted molar refractivity (Wildman–Crippen MR) is 140 cm³/mol. The Hall–Kier alpha value is -3.82. The zero-order valence-electron chi connectivity index (χ0n) is 19.7. The number of benzene rings is 2. The van der Waals surface area contributed by atoms with Gasteiger partial charge in [-0.05, 0) is 92.2 Å². The van der Waals surface area contributed by atoms with Crippen molar-refractivity contribution in [1.82, 2.24) is 9.47 Å². The zero-order chi connectivity index (χ0) is 26.1. The normalized spacial score (nSPS) is 14.6. The number of hydrogen-bond donors (Lipinski definition) is 2. The standard InChI is InChI=1S/C26H22ClN3O5S/c1-14-4-7-19(12-21(14)27)28-23(31)13-29-24(32)22(36-26(29)35)11-18-10-15(2)30(16(18)3)20-8-5-17(6-9-20)25(33)34/h4-12H,13H2,1-3H3,(H,28,31)(H,33,34)/b22-11+. The molecule has 0 atom stereocenters. The molecule has 1 saturated heterocycles. The summed E-state index contributed by atoms with van der Waals surface area (Å²) in [5.41, 5.74) is 4.72. The molecule has 184 valence electrons. The largest absolute Gasteiger partial charge is 0.478 e. The number of anilines is 1. The summed E-state index contributed by atoms with van der Waals surface area (Å²) in [6, 6.07) is 13.4. The summed E-state index contributed by atoms with van der Waals surface area (Å²) in [5.74, 6) is -2.06.